The Morgan fingerprint density at radius 1 is 1.70 bits per heavy atom. The van der Waals surface area contributed by atoms with Crippen molar-refractivity contribution < 1.29 is 9.90 Å². The molecule has 1 aromatic rings. The quantitative estimate of drug-likeness (QED) is 0.736. The summed E-state index contributed by atoms with van der Waals surface area (Å²) in [5, 5.41) is 8.33. The van der Waals surface area contributed by atoms with Crippen LogP contribution in [0.2, 0.25) is 0 Å². The number of carbonyl (C=O) groups is 1. The monoisotopic (exact) mass is 204 g/mol. The molecule has 10 heavy (non-hydrogen) atoms. The Morgan fingerprint density at radius 3 is 3.00 bits per heavy atom. The molecule has 1 heterocycles. The fourth-order valence-corrected chi connectivity index (χ4v) is 2.17. The van der Waals surface area contributed by atoms with Crippen LogP contribution in [-0.2, 0) is 11.2 Å². The van der Waals surface area contributed by atoms with Crippen molar-refractivity contribution in [2.45, 2.75) is 12.8 Å². The van der Waals surface area contributed by atoms with Gasteiger partial charge in [0.1, 0.15) is 0 Å². The number of carboxylic acid groups (broad SMARTS) is 1. The van der Waals surface area contributed by atoms with Gasteiger partial charge in [-0.05, 0) is 0 Å². The summed E-state index contributed by atoms with van der Waals surface area (Å²) in [6.07, 6.45) is 0.998. The molecule has 0 unspecified atom stereocenters. The summed E-state index contributed by atoms with van der Waals surface area (Å²) in [7, 11) is 0. The van der Waals surface area contributed by atoms with E-state index in [0.717, 1.165) is 6.42 Å². The van der Waals surface area contributed by atoms with E-state index in [4.69, 9.17) is 5.11 Å². The Balaban J connectivity index is 2.35. The van der Waals surface area contributed by atoms with Crippen LogP contribution in [0.25, 0.3) is 0 Å². The molecule has 2 nitrogen and oxygen atoms in total. The van der Waals surface area contributed by atoms with E-state index in [1.165, 1.54) is 4.44 Å². The number of aliphatic carboxylic acids is 1. The molecule has 0 radical (unpaired) electrons. The third kappa shape index (κ3) is 2.38. The van der Waals surface area contributed by atoms with Crippen LogP contribution in [0.15, 0.2) is 17.1 Å². The summed E-state index contributed by atoms with van der Waals surface area (Å²) in [5.74, 6) is -0.705. The van der Waals surface area contributed by atoms with Gasteiger partial charge >= 0.3 is 64.7 Å². The Labute approximate surface area is 65.2 Å². The van der Waals surface area contributed by atoms with Crippen molar-refractivity contribution in [3.63, 3.8) is 0 Å². The van der Waals surface area contributed by atoms with Gasteiger partial charge in [0.25, 0.3) is 0 Å². The first kappa shape index (κ1) is 7.58. The molecule has 0 fully saturated rings. The zero-order valence-corrected chi connectivity index (χ0v) is 7.12. The number of rotatable bonds is 3. The second-order valence-electron chi connectivity index (χ2n) is 1.97. The van der Waals surface area contributed by atoms with Gasteiger partial charge in [-0.3, -0.25) is 0 Å². The van der Waals surface area contributed by atoms with Gasteiger partial charge in [-0.1, -0.05) is 0 Å². The van der Waals surface area contributed by atoms with Crippen molar-refractivity contribution in [3.8, 4) is 0 Å². The summed E-state index contributed by atoms with van der Waals surface area (Å²) in [6, 6.07) is 4.01. The molecule has 54 valence electrons. The number of hydrogen-bond acceptors (Lipinski definition) is 1. The number of hydrogen-bond donors (Lipinski definition) is 1. The molecular weight excluding hydrogens is 195 g/mol. The van der Waals surface area contributed by atoms with Gasteiger partial charge < -0.3 is 0 Å². The third-order valence-corrected chi connectivity index (χ3v) is 3.13. The molecule has 0 amide bonds. The predicted molar refractivity (Wildman–Crippen MR) is 39.3 cm³/mol. The Hall–Kier alpha value is -0.531. The molecule has 0 saturated carbocycles. The van der Waals surface area contributed by atoms with Crippen molar-refractivity contribution in [2.75, 3.05) is 0 Å². The second-order valence-corrected chi connectivity index (χ2v) is 4.14. The maximum atomic E-state index is 10.1. The van der Waals surface area contributed by atoms with Crippen LogP contribution in [0.1, 0.15) is 10.9 Å². The number of aryl methyl sites for hydroxylation is 1. The fourth-order valence-electron chi connectivity index (χ4n) is 0.685. The van der Waals surface area contributed by atoms with Crippen molar-refractivity contribution in [2.24, 2.45) is 0 Å². The van der Waals surface area contributed by atoms with Crippen LogP contribution in [-0.4, -0.2) is 25.6 Å². The average molecular weight is 203 g/mol. The van der Waals surface area contributed by atoms with E-state index < -0.39 is 5.97 Å². The molecule has 1 aromatic heterocycles. The minimum absolute atomic E-state index is 0.273. The first-order valence-corrected chi connectivity index (χ1v) is 4.88. The SMILES string of the molecule is O=C(O)CCc1ccc[se]1. The van der Waals surface area contributed by atoms with E-state index in [1.54, 1.807) is 0 Å². The van der Waals surface area contributed by atoms with Gasteiger partial charge in [0, 0.05) is 0 Å². The Morgan fingerprint density at radius 2 is 2.50 bits per heavy atom. The van der Waals surface area contributed by atoms with Gasteiger partial charge in [0.05, 0.1) is 0 Å². The van der Waals surface area contributed by atoms with Gasteiger partial charge in [-0.2, -0.15) is 0 Å². The molecular formula is C7H8O2Se. The molecule has 1 N–H and O–H groups in total. The van der Waals surface area contributed by atoms with Crippen LogP contribution in [0, 0.1) is 0 Å². The standard InChI is InChI=1S/C7H8O2Se/c8-7(9)4-3-6-2-1-5-10-6/h1-2,5H,3-4H2,(H,8,9). The van der Waals surface area contributed by atoms with Crippen molar-refractivity contribution in [3.05, 3.63) is 21.5 Å². The molecule has 0 aliphatic rings. The second kappa shape index (κ2) is 3.59. The molecule has 0 atom stereocenters. The predicted octanol–water partition coefficient (Wildman–Crippen LogP) is 0.761. The first-order valence-electron chi connectivity index (χ1n) is 3.03. The summed E-state index contributed by atoms with van der Waals surface area (Å²) in [4.78, 5) is 12.2. The van der Waals surface area contributed by atoms with Crippen LogP contribution >= 0.6 is 0 Å². The van der Waals surface area contributed by atoms with Gasteiger partial charge in [-0.15, -0.1) is 0 Å². The summed E-state index contributed by atoms with van der Waals surface area (Å²) in [5.41, 5.74) is 0. The molecule has 1 rings (SSSR count). The molecule has 0 bridgehead atoms. The van der Waals surface area contributed by atoms with E-state index >= 15 is 0 Å². The maximum absolute atomic E-state index is 10.1. The van der Waals surface area contributed by atoms with E-state index in [9.17, 15) is 4.79 Å². The van der Waals surface area contributed by atoms with Crippen molar-refractivity contribution in [1.82, 2.24) is 0 Å². The zero-order valence-electron chi connectivity index (χ0n) is 5.41. The zero-order chi connectivity index (χ0) is 7.40. The van der Waals surface area contributed by atoms with E-state index in [2.05, 4.69) is 4.94 Å². The molecule has 0 aliphatic heterocycles. The normalized spacial score (nSPS) is 9.60. The first-order chi connectivity index (χ1) is 4.79. The number of carboxylic acids is 1. The van der Waals surface area contributed by atoms with E-state index in [-0.39, 0.29) is 6.42 Å². The third-order valence-electron chi connectivity index (χ3n) is 1.17. The van der Waals surface area contributed by atoms with E-state index in [0.29, 0.717) is 14.5 Å². The molecule has 0 aromatic carbocycles. The van der Waals surface area contributed by atoms with Crippen LogP contribution in [0.3, 0.4) is 0 Å². The average Bonchev–Trinajstić information content (AvgIpc) is 2.34. The molecule has 3 heteroatoms. The van der Waals surface area contributed by atoms with Crippen LogP contribution in [0.4, 0.5) is 0 Å². The van der Waals surface area contributed by atoms with Crippen molar-refractivity contribution in [1.29, 1.82) is 0 Å². The van der Waals surface area contributed by atoms with E-state index in [1.807, 2.05) is 12.1 Å². The topological polar surface area (TPSA) is 37.3 Å². The Kier molecular flexibility index (Phi) is 2.72. The summed E-state index contributed by atoms with van der Waals surface area (Å²) >= 11 is 0.440. The molecule has 0 aliphatic carbocycles. The molecule has 0 spiro atoms. The van der Waals surface area contributed by atoms with Crippen LogP contribution in [0.5, 0.6) is 0 Å². The van der Waals surface area contributed by atoms with Gasteiger partial charge in [-0.25, -0.2) is 0 Å². The van der Waals surface area contributed by atoms with Gasteiger partial charge in [0.2, 0.25) is 0 Å². The minimum atomic E-state index is -0.705. The summed E-state index contributed by atoms with van der Waals surface area (Å²) in [6.45, 7) is 0. The van der Waals surface area contributed by atoms with Gasteiger partial charge in [0.15, 0.2) is 0 Å². The Bertz CT molecular complexity index is 203. The van der Waals surface area contributed by atoms with Crippen molar-refractivity contribution >= 4 is 20.5 Å². The fraction of sp³-hybridized carbons (Fsp3) is 0.286. The van der Waals surface area contributed by atoms with Crippen LogP contribution < -0.4 is 0 Å². The molecule has 0 saturated heterocycles. The summed E-state index contributed by atoms with van der Waals surface area (Å²) < 4.78 is 1.29.